The van der Waals surface area contributed by atoms with Crippen molar-refractivity contribution in [1.29, 1.82) is 0 Å². The summed E-state index contributed by atoms with van der Waals surface area (Å²) in [5.74, 6) is 0.791. The minimum absolute atomic E-state index is 0.0412. The van der Waals surface area contributed by atoms with E-state index in [1.807, 2.05) is 25.1 Å². The van der Waals surface area contributed by atoms with E-state index in [0.717, 1.165) is 40.0 Å². The largest absolute Gasteiger partial charge is 0.494 e. The first-order valence-electron chi connectivity index (χ1n) is 7.47. The Labute approximate surface area is 129 Å². The fourth-order valence-electron chi connectivity index (χ4n) is 2.80. The maximum atomic E-state index is 11.4. The van der Waals surface area contributed by atoms with E-state index in [0.29, 0.717) is 6.42 Å². The lowest BCUT2D eigenvalue weighted by atomic mass is 9.91. The topological polar surface area (TPSA) is 63.6 Å². The summed E-state index contributed by atoms with van der Waals surface area (Å²) in [6, 6.07) is 7.99. The number of methoxy groups -OCH3 is 1. The number of carbonyl (C=O) groups excluding carboxylic acids is 1. The van der Waals surface area contributed by atoms with Crippen molar-refractivity contribution >= 4 is 22.5 Å². The molecule has 5 heteroatoms. The predicted molar refractivity (Wildman–Crippen MR) is 86.1 cm³/mol. The molecule has 0 bridgehead atoms. The number of aryl methyl sites for hydroxylation is 1. The van der Waals surface area contributed by atoms with Crippen molar-refractivity contribution < 1.29 is 9.53 Å². The van der Waals surface area contributed by atoms with Crippen molar-refractivity contribution in [3.8, 4) is 5.75 Å². The number of fused-ring (bicyclic) bond motifs is 1. The summed E-state index contributed by atoms with van der Waals surface area (Å²) < 4.78 is 5.44. The van der Waals surface area contributed by atoms with E-state index in [-0.39, 0.29) is 11.8 Å². The average molecular weight is 297 g/mol. The van der Waals surface area contributed by atoms with Crippen LogP contribution in [-0.2, 0) is 11.2 Å². The Kier molecular flexibility index (Phi) is 3.79. The molecule has 0 spiro atoms. The minimum Gasteiger partial charge on any atom is -0.494 e. The van der Waals surface area contributed by atoms with Crippen LogP contribution < -0.4 is 10.2 Å². The fraction of sp³-hybridized carbons (Fsp3) is 0.353. The highest BCUT2D eigenvalue weighted by atomic mass is 16.5. The van der Waals surface area contributed by atoms with E-state index >= 15 is 0 Å². The molecule has 1 aromatic heterocycles. The molecule has 1 aliphatic rings. The second kappa shape index (κ2) is 5.75. The van der Waals surface area contributed by atoms with Crippen LogP contribution in [0, 0.1) is 5.92 Å². The number of benzene rings is 1. The normalized spacial score (nSPS) is 18.0. The quantitative estimate of drug-likeness (QED) is 0.947. The lowest BCUT2D eigenvalue weighted by Gasteiger charge is -2.21. The molecule has 114 valence electrons. The highest BCUT2D eigenvalue weighted by Gasteiger charge is 2.23. The van der Waals surface area contributed by atoms with Gasteiger partial charge in [-0.1, -0.05) is 19.9 Å². The number of amides is 1. The van der Waals surface area contributed by atoms with Crippen LogP contribution in [0.25, 0.3) is 10.9 Å². The molecule has 1 aromatic carbocycles. The Morgan fingerprint density at radius 1 is 1.32 bits per heavy atom. The molecule has 2 aromatic rings. The van der Waals surface area contributed by atoms with Gasteiger partial charge in [0.05, 0.1) is 12.8 Å². The van der Waals surface area contributed by atoms with Gasteiger partial charge >= 0.3 is 0 Å². The van der Waals surface area contributed by atoms with E-state index in [2.05, 4.69) is 23.5 Å². The zero-order valence-electron chi connectivity index (χ0n) is 13.0. The second-order valence-corrected chi connectivity index (χ2v) is 5.50. The summed E-state index contributed by atoms with van der Waals surface area (Å²) >= 11 is 0. The Hall–Kier alpha value is -2.43. The number of hydrogen-bond acceptors (Lipinski definition) is 4. The van der Waals surface area contributed by atoms with Gasteiger partial charge < -0.3 is 4.74 Å². The van der Waals surface area contributed by atoms with Gasteiger partial charge in [-0.25, -0.2) is 10.4 Å². The van der Waals surface area contributed by atoms with Gasteiger partial charge in [-0.2, -0.15) is 5.10 Å². The molecule has 1 N–H and O–H groups in total. The molecule has 0 saturated carbocycles. The highest BCUT2D eigenvalue weighted by Crippen LogP contribution is 2.30. The Morgan fingerprint density at radius 2 is 2.14 bits per heavy atom. The van der Waals surface area contributed by atoms with Crippen molar-refractivity contribution in [2.24, 2.45) is 11.0 Å². The second-order valence-electron chi connectivity index (χ2n) is 5.50. The van der Waals surface area contributed by atoms with E-state index in [4.69, 9.17) is 9.72 Å². The Bertz CT molecular complexity index is 768. The molecule has 0 saturated heterocycles. The summed E-state index contributed by atoms with van der Waals surface area (Å²) in [4.78, 5) is 16.1. The highest BCUT2D eigenvalue weighted by molar-refractivity contribution is 6.14. The van der Waals surface area contributed by atoms with Crippen molar-refractivity contribution in [2.75, 3.05) is 7.11 Å². The predicted octanol–water partition coefficient (Wildman–Crippen LogP) is 2.67. The minimum atomic E-state index is -0.0412. The summed E-state index contributed by atoms with van der Waals surface area (Å²) in [5, 5.41) is 5.26. The van der Waals surface area contributed by atoms with Crippen LogP contribution in [0.4, 0.5) is 0 Å². The zero-order chi connectivity index (χ0) is 15.7. The van der Waals surface area contributed by atoms with Crippen molar-refractivity contribution in [3.63, 3.8) is 0 Å². The molecule has 3 rings (SSSR count). The molecule has 0 aliphatic carbocycles. The van der Waals surface area contributed by atoms with E-state index in [1.54, 1.807) is 7.11 Å². The van der Waals surface area contributed by atoms with Crippen molar-refractivity contribution in [2.45, 2.75) is 26.7 Å². The molecule has 22 heavy (non-hydrogen) atoms. The Balaban J connectivity index is 2.21. The molecular weight excluding hydrogens is 278 g/mol. The third-order valence-electron chi connectivity index (χ3n) is 4.00. The number of hydrogen-bond donors (Lipinski definition) is 1. The molecule has 2 heterocycles. The van der Waals surface area contributed by atoms with Crippen LogP contribution in [0.5, 0.6) is 5.75 Å². The van der Waals surface area contributed by atoms with Crippen LogP contribution in [0.3, 0.4) is 0 Å². The van der Waals surface area contributed by atoms with Gasteiger partial charge in [-0.05, 0) is 24.6 Å². The molecule has 1 amide bonds. The monoisotopic (exact) mass is 297 g/mol. The maximum absolute atomic E-state index is 11.4. The third kappa shape index (κ3) is 2.43. The fourth-order valence-corrected chi connectivity index (χ4v) is 2.80. The molecule has 0 fully saturated rings. The molecule has 5 nitrogen and oxygen atoms in total. The van der Waals surface area contributed by atoms with Crippen molar-refractivity contribution in [1.82, 2.24) is 10.4 Å². The van der Waals surface area contributed by atoms with E-state index in [9.17, 15) is 4.79 Å². The molecule has 1 aliphatic heterocycles. The number of nitrogens with one attached hydrogen (secondary N) is 1. The van der Waals surface area contributed by atoms with Crippen LogP contribution in [0.2, 0.25) is 0 Å². The number of ether oxygens (including phenoxy) is 1. The van der Waals surface area contributed by atoms with Crippen LogP contribution >= 0.6 is 0 Å². The first-order valence-corrected chi connectivity index (χ1v) is 7.47. The lowest BCUT2D eigenvalue weighted by molar-refractivity contribution is -0.121. The van der Waals surface area contributed by atoms with Gasteiger partial charge in [0, 0.05) is 29.0 Å². The van der Waals surface area contributed by atoms with E-state index < -0.39 is 0 Å². The van der Waals surface area contributed by atoms with Gasteiger partial charge in [-0.3, -0.25) is 4.79 Å². The maximum Gasteiger partial charge on any atom is 0.240 e. The molecule has 1 atom stereocenters. The third-order valence-corrected chi connectivity index (χ3v) is 4.00. The number of hydrazone groups is 1. The standard InChI is InChI=1S/C17H19N3O2/c1-4-11-5-6-13-12(7-8-14(22-3)17(13)18-11)16-10(2)9-15(21)19-20-16/h5-8,10H,4,9H2,1-3H3,(H,19,21)/t10-/m0/s1. The summed E-state index contributed by atoms with van der Waals surface area (Å²) in [6.45, 7) is 4.09. The smallest absolute Gasteiger partial charge is 0.240 e. The van der Waals surface area contributed by atoms with Gasteiger partial charge in [0.25, 0.3) is 0 Å². The van der Waals surface area contributed by atoms with Crippen LogP contribution in [-0.4, -0.2) is 23.7 Å². The van der Waals surface area contributed by atoms with E-state index in [1.165, 1.54) is 0 Å². The summed E-state index contributed by atoms with van der Waals surface area (Å²) in [6.07, 6.45) is 1.32. The number of rotatable bonds is 3. The first kappa shape index (κ1) is 14.5. The molecule has 0 radical (unpaired) electrons. The van der Waals surface area contributed by atoms with Gasteiger partial charge in [-0.15, -0.1) is 0 Å². The molecular formula is C17H19N3O2. The SMILES string of the molecule is CCc1ccc2c(C3=NNC(=O)C[C@@H]3C)ccc(OC)c2n1. The number of nitrogens with zero attached hydrogens (tertiary/aromatic N) is 2. The zero-order valence-corrected chi connectivity index (χ0v) is 13.0. The number of pyridine rings is 1. The van der Waals surface area contributed by atoms with Crippen molar-refractivity contribution in [3.05, 3.63) is 35.5 Å². The van der Waals surface area contributed by atoms with Crippen LogP contribution in [0.15, 0.2) is 29.4 Å². The van der Waals surface area contributed by atoms with Gasteiger partial charge in [0.1, 0.15) is 11.3 Å². The van der Waals surface area contributed by atoms with Gasteiger partial charge in [0.15, 0.2) is 0 Å². The summed E-state index contributed by atoms with van der Waals surface area (Å²) in [7, 11) is 1.65. The van der Waals surface area contributed by atoms with Gasteiger partial charge in [0.2, 0.25) is 5.91 Å². The Morgan fingerprint density at radius 3 is 2.82 bits per heavy atom. The average Bonchev–Trinajstić information content (AvgIpc) is 2.53. The number of carbonyl (C=O) groups is 1. The summed E-state index contributed by atoms with van der Waals surface area (Å²) in [5.41, 5.74) is 6.32. The first-order chi connectivity index (χ1) is 10.6. The number of aromatic nitrogens is 1. The van der Waals surface area contributed by atoms with Crippen LogP contribution in [0.1, 0.15) is 31.5 Å². The molecule has 0 unspecified atom stereocenters. The lowest BCUT2D eigenvalue weighted by Crippen LogP contribution is -2.32.